The molecule has 21 heavy (non-hydrogen) atoms. The van der Waals surface area contributed by atoms with E-state index in [0.717, 1.165) is 17.7 Å². The van der Waals surface area contributed by atoms with Gasteiger partial charge in [-0.05, 0) is 35.7 Å². The Bertz CT molecular complexity index is 624. The molecule has 110 valence electrons. The topological polar surface area (TPSA) is 64.4 Å². The third kappa shape index (κ3) is 3.72. The minimum Gasteiger partial charge on any atom is -0.490 e. The van der Waals surface area contributed by atoms with Gasteiger partial charge in [0, 0.05) is 18.3 Å². The number of anilines is 1. The summed E-state index contributed by atoms with van der Waals surface area (Å²) in [6, 6.07) is 13.1. The van der Waals surface area contributed by atoms with Crippen LogP contribution in [-0.2, 0) is 13.0 Å². The number of methoxy groups -OCH3 is 1. The number of benzene rings is 2. The van der Waals surface area contributed by atoms with Gasteiger partial charge in [-0.2, -0.15) is 0 Å². The fourth-order valence-electron chi connectivity index (χ4n) is 2.05. The lowest BCUT2D eigenvalue weighted by molar-refractivity contribution is -0.385. The summed E-state index contributed by atoms with van der Waals surface area (Å²) in [4.78, 5) is 10.6. The molecule has 5 heteroatoms. The van der Waals surface area contributed by atoms with Crippen molar-refractivity contribution in [3.8, 4) is 5.75 Å². The van der Waals surface area contributed by atoms with Crippen LogP contribution in [0.15, 0.2) is 42.5 Å². The number of hydrogen-bond donors (Lipinski definition) is 1. The molecule has 0 aromatic heterocycles. The van der Waals surface area contributed by atoms with Crippen LogP contribution in [-0.4, -0.2) is 12.0 Å². The molecule has 0 bridgehead atoms. The van der Waals surface area contributed by atoms with E-state index in [2.05, 4.69) is 24.4 Å². The molecule has 0 amide bonds. The Labute approximate surface area is 123 Å². The number of aryl methyl sites for hydroxylation is 1. The van der Waals surface area contributed by atoms with Crippen molar-refractivity contribution >= 4 is 11.4 Å². The first-order valence-electron chi connectivity index (χ1n) is 6.78. The zero-order chi connectivity index (χ0) is 15.2. The maximum absolute atomic E-state index is 11.0. The van der Waals surface area contributed by atoms with E-state index >= 15 is 0 Å². The van der Waals surface area contributed by atoms with E-state index in [1.54, 1.807) is 6.07 Å². The Morgan fingerprint density at radius 2 is 1.81 bits per heavy atom. The fraction of sp³-hybridized carbons (Fsp3) is 0.250. The number of ether oxygens (including phenoxy) is 1. The molecule has 0 atom stereocenters. The molecule has 5 nitrogen and oxygen atoms in total. The minimum atomic E-state index is -0.432. The second-order valence-electron chi connectivity index (χ2n) is 4.67. The Morgan fingerprint density at radius 1 is 1.14 bits per heavy atom. The average Bonchev–Trinajstić information content (AvgIpc) is 2.53. The number of hydrogen-bond acceptors (Lipinski definition) is 4. The standard InChI is InChI=1S/C16H18N2O3/c1-3-12-4-7-14(8-5-12)17-11-13-6-9-16(21-2)15(10-13)18(19)20/h4-10,17H,3,11H2,1-2H3. The van der Waals surface area contributed by atoms with Crippen LogP contribution < -0.4 is 10.1 Å². The first kappa shape index (κ1) is 14.8. The summed E-state index contributed by atoms with van der Waals surface area (Å²) in [5, 5.41) is 14.2. The molecule has 0 fully saturated rings. The third-order valence-corrected chi connectivity index (χ3v) is 3.30. The first-order chi connectivity index (χ1) is 10.1. The molecule has 1 N–H and O–H groups in total. The van der Waals surface area contributed by atoms with Crippen LogP contribution in [0.4, 0.5) is 11.4 Å². The molecule has 0 saturated heterocycles. The van der Waals surface area contributed by atoms with E-state index in [0.29, 0.717) is 6.54 Å². The van der Waals surface area contributed by atoms with Gasteiger partial charge in [-0.15, -0.1) is 0 Å². The van der Waals surface area contributed by atoms with Crippen LogP contribution in [0.25, 0.3) is 0 Å². The highest BCUT2D eigenvalue weighted by Crippen LogP contribution is 2.27. The lowest BCUT2D eigenvalue weighted by Gasteiger charge is -2.08. The molecule has 0 radical (unpaired) electrons. The van der Waals surface area contributed by atoms with Gasteiger partial charge >= 0.3 is 5.69 Å². The fourth-order valence-corrected chi connectivity index (χ4v) is 2.05. The van der Waals surface area contributed by atoms with Crippen LogP contribution in [0.3, 0.4) is 0 Å². The molecule has 2 rings (SSSR count). The molecule has 0 spiro atoms. The quantitative estimate of drug-likeness (QED) is 0.648. The van der Waals surface area contributed by atoms with Gasteiger partial charge in [0.2, 0.25) is 0 Å². The van der Waals surface area contributed by atoms with Crippen molar-refractivity contribution in [2.45, 2.75) is 19.9 Å². The molecular weight excluding hydrogens is 268 g/mol. The van der Waals surface area contributed by atoms with Crippen molar-refractivity contribution in [2.75, 3.05) is 12.4 Å². The largest absolute Gasteiger partial charge is 0.490 e. The first-order valence-corrected chi connectivity index (χ1v) is 6.78. The van der Waals surface area contributed by atoms with Gasteiger partial charge in [0.25, 0.3) is 0 Å². The van der Waals surface area contributed by atoms with E-state index in [9.17, 15) is 10.1 Å². The molecule has 0 heterocycles. The van der Waals surface area contributed by atoms with E-state index in [1.807, 2.05) is 18.2 Å². The predicted octanol–water partition coefficient (Wildman–Crippen LogP) is 3.78. The smallest absolute Gasteiger partial charge is 0.311 e. The number of nitrogens with zero attached hydrogens (tertiary/aromatic N) is 1. The van der Waals surface area contributed by atoms with Crippen molar-refractivity contribution in [1.29, 1.82) is 0 Å². The summed E-state index contributed by atoms with van der Waals surface area (Å²) in [5.41, 5.74) is 3.09. The molecule has 0 aliphatic carbocycles. The zero-order valence-electron chi connectivity index (χ0n) is 12.1. The van der Waals surface area contributed by atoms with Gasteiger partial charge in [0.05, 0.1) is 12.0 Å². The van der Waals surface area contributed by atoms with Crippen molar-refractivity contribution < 1.29 is 9.66 Å². The van der Waals surface area contributed by atoms with Crippen molar-refractivity contribution in [1.82, 2.24) is 0 Å². The highest BCUT2D eigenvalue weighted by atomic mass is 16.6. The monoisotopic (exact) mass is 286 g/mol. The molecule has 2 aromatic rings. The second-order valence-corrected chi connectivity index (χ2v) is 4.67. The zero-order valence-corrected chi connectivity index (χ0v) is 12.1. The number of nitrogens with one attached hydrogen (secondary N) is 1. The highest BCUT2D eigenvalue weighted by molar-refractivity contribution is 5.50. The minimum absolute atomic E-state index is 0.0156. The predicted molar refractivity (Wildman–Crippen MR) is 82.8 cm³/mol. The lowest BCUT2D eigenvalue weighted by atomic mass is 10.1. The van der Waals surface area contributed by atoms with Crippen LogP contribution in [0.2, 0.25) is 0 Å². The van der Waals surface area contributed by atoms with Crippen LogP contribution in [0.1, 0.15) is 18.1 Å². The number of rotatable bonds is 6. The number of nitro groups is 1. The Hall–Kier alpha value is -2.56. The van der Waals surface area contributed by atoms with E-state index in [1.165, 1.54) is 18.7 Å². The van der Waals surface area contributed by atoms with Crippen LogP contribution in [0, 0.1) is 10.1 Å². The summed E-state index contributed by atoms with van der Waals surface area (Å²) in [5.74, 6) is 0.274. The summed E-state index contributed by atoms with van der Waals surface area (Å²) >= 11 is 0. The third-order valence-electron chi connectivity index (χ3n) is 3.30. The SMILES string of the molecule is CCc1ccc(NCc2ccc(OC)c([N+](=O)[O-])c2)cc1. The maximum atomic E-state index is 11.0. The molecule has 0 saturated carbocycles. The lowest BCUT2D eigenvalue weighted by Crippen LogP contribution is -2.01. The Kier molecular flexibility index (Phi) is 4.77. The maximum Gasteiger partial charge on any atom is 0.311 e. The molecule has 2 aromatic carbocycles. The second kappa shape index (κ2) is 6.74. The van der Waals surface area contributed by atoms with Gasteiger partial charge in [-0.3, -0.25) is 10.1 Å². The number of nitro benzene ring substituents is 1. The van der Waals surface area contributed by atoms with E-state index in [-0.39, 0.29) is 11.4 Å². The average molecular weight is 286 g/mol. The normalized spacial score (nSPS) is 10.2. The van der Waals surface area contributed by atoms with E-state index in [4.69, 9.17) is 4.74 Å². The van der Waals surface area contributed by atoms with Gasteiger partial charge < -0.3 is 10.1 Å². The summed E-state index contributed by atoms with van der Waals surface area (Å²) in [7, 11) is 1.43. The Morgan fingerprint density at radius 3 is 2.38 bits per heavy atom. The molecule has 0 aliphatic heterocycles. The van der Waals surface area contributed by atoms with E-state index < -0.39 is 4.92 Å². The van der Waals surface area contributed by atoms with Gasteiger partial charge in [0.15, 0.2) is 5.75 Å². The van der Waals surface area contributed by atoms with Crippen molar-refractivity contribution in [2.24, 2.45) is 0 Å². The summed E-state index contributed by atoms with van der Waals surface area (Å²) < 4.78 is 4.99. The van der Waals surface area contributed by atoms with Gasteiger partial charge in [-0.1, -0.05) is 25.1 Å². The molecule has 0 aliphatic rings. The highest BCUT2D eigenvalue weighted by Gasteiger charge is 2.14. The summed E-state index contributed by atoms with van der Waals surface area (Å²) in [6.45, 7) is 2.63. The molecule has 0 unspecified atom stereocenters. The summed E-state index contributed by atoms with van der Waals surface area (Å²) in [6.07, 6.45) is 1.00. The van der Waals surface area contributed by atoms with Gasteiger partial charge in [0.1, 0.15) is 0 Å². The molecular formula is C16H18N2O3. The Balaban J connectivity index is 2.08. The van der Waals surface area contributed by atoms with Crippen LogP contribution in [0.5, 0.6) is 5.75 Å². The van der Waals surface area contributed by atoms with Gasteiger partial charge in [-0.25, -0.2) is 0 Å². The van der Waals surface area contributed by atoms with Crippen molar-refractivity contribution in [3.05, 3.63) is 63.7 Å². The van der Waals surface area contributed by atoms with Crippen LogP contribution >= 0.6 is 0 Å². The van der Waals surface area contributed by atoms with Crippen molar-refractivity contribution in [3.63, 3.8) is 0 Å².